The fourth-order valence-electron chi connectivity index (χ4n) is 1.52. The van der Waals surface area contributed by atoms with Crippen LogP contribution in [0.1, 0.15) is 26.2 Å². The summed E-state index contributed by atoms with van der Waals surface area (Å²) < 4.78 is 7.47. The first kappa shape index (κ1) is 10.5. The van der Waals surface area contributed by atoms with E-state index in [2.05, 4.69) is 14.9 Å². The maximum absolute atomic E-state index is 5.31. The van der Waals surface area contributed by atoms with Gasteiger partial charge in [0.1, 0.15) is 0 Å². The third-order valence-corrected chi connectivity index (χ3v) is 2.52. The summed E-state index contributed by atoms with van der Waals surface area (Å²) in [6.07, 6.45) is 7.49. The average molecular weight is 209 g/mol. The number of anilines is 1. The first-order valence-corrected chi connectivity index (χ1v) is 5.75. The molecule has 84 valence electrons. The van der Waals surface area contributed by atoms with Crippen molar-refractivity contribution in [1.82, 2.24) is 9.55 Å². The fourth-order valence-corrected chi connectivity index (χ4v) is 1.52. The van der Waals surface area contributed by atoms with Crippen LogP contribution < -0.4 is 5.32 Å². The Morgan fingerprint density at radius 2 is 2.47 bits per heavy atom. The Hall–Kier alpha value is -1.03. The standard InChI is InChI=1S/C11H19N3O/c1-2-15-9-3-7-14-8-6-12-11(14)13-10-4-5-10/h6,8,10H,2-5,7,9H2,1H3,(H,12,13). The van der Waals surface area contributed by atoms with Crippen LogP contribution in [0.3, 0.4) is 0 Å². The van der Waals surface area contributed by atoms with Crippen LogP contribution in [0.25, 0.3) is 0 Å². The monoisotopic (exact) mass is 209 g/mol. The molecule has 1 N–H and O–H groups in total. The van der Waals surface area contributed by atoms with Gasteiger partial charge in [-0.3, -0.25) is 0 Å². The van der Waals surface area contributed by atoms with Gasteiger partial charge in [-0.2, -0.15) is 0 Å². The van der Waals surface area contributed by atoms with E-state index in [0.717, 1.165) is 32.1 Å². The predicted molar refractivity (Wildman–Crippen MR) is 60.0 cm³/mol. The fraction of sp³-hybridized carbons (Fsp3) is 0.727. The van der Waals surface area contributed by atoms with Crippen molar-refractivity contribution in [2.75, 3.05) is 18.5 Å². The van der Waals surface area contributed by atoms with Crippen molar-refractivity contribution in [3.05, 3.63) is 12.4 Å². The van der Waals surface area contributed by atoms with E-state index in [9.17, 15) is 0 Å². The molecule has 0 amide bonds. The van der Waals surface area contributed by atoms with Gasteiger partial charge in [-0.15, -0.1) is 0 Å². The minimum atomic E-state index is 0.665. The molecule has 4 nitrogen and oxygen atoms in total. The molecular weight excluding hydrogens is 190 g/mol. The number of aryl methyl sites for hydroxylation is 1. The van der Waals surface area contributed by atoms with Crippen LogP contribution in [0, 0.1) is 0 Å². The summed E-state index contributed by atoms with van der Waals surface area (Å²) in [6.45, 7) is 4.64. The van der Waals surface area contributed by atoms with Gasteiger partial charge in [0.2, 0.25) is 5.95 Å². The minimum Gasteiger partial charge on any atom is -0.382 e. The summed E-state index contributed by atoms with van der Waals surface area (Å²) in [4.78, 5) is 4.31. The topological polar surface area (TPSA) is 39.1 Å². The number of hydrogen-bond acceptors (Lipinski definition) is 3. The van der Waals surface area contributed by atoms with E-state index in [0.29, 0.717) is 6.04 Å². The lowest BCUT2D eigenvalue weighted by atomic mass is 10.4. The Morgan fingerprint density at radius 1 is 1.60 bits per heavy atom. The maximum atomic E-state index is 5.31. The summed E-state index contributed by atoms with van der Waals surface area (Å²) in [5, 5.41) is 3.42. The average Bonchev–Trinajstić information content (AvgIpc) is 2.94. The number of hydrogen-bond donors (Lipinski definition) is 1. The number of ether oxygens (including phenoxy) is 1. The molecular formula is C11H19N3O. The molecule has 1 aromatic rings. The molecule has 0 atom stereocenters. The first-order chi connectivity index (χ1) is 7.40. The van der Waals surface area contributed by atoms with Crippen molar-refractivity contribution in [3.8, 4) is 0 Å². The van der Waals surface area contributed by atoms with Crippen molar-refractivity contribution < 1.29 is 4.74 Å². The lowest BCUT2D eigenvalue weighted by Gasteiger charge is -2.08. The number of nitrogens with zero attached hydrogens (tertiary/aromatic N) is 2. The number of nitrogens with one attached hydrogen (secondary N) is 1. The van der Waals surface area contributed by atoms with Gasteiger partial charge < -0.3 is 14.6 Å². The van der Waals surface area contributed by atoms with Gasteiger partial charge in [0.25, 0.3) is 0 Å². The molecule has 1 aliphatic carbocycles. The maximum Gasteiger partial charge on any atom is 0.202 e. The summed E-state index contributed by atoms with van der Waals surface area (Å²) >= 11 is 0. The summed E-state index contributed by atoms with van der Waals surface area (Å²) in [5.41, 5.74) is 0. The molecule has 1 saturated carbocycles. The third-order valence-electron chi connectivity index (χ3n) is 2.52. The molecule has 0 aromatic carbocycles. The van der Waals surface area contributed by atoms with E-state index in [1.165, 1.54) is 12.8 Å². The van der Waals surface area contributed by atoms with Crippen LogP contribution in [0.2, 0.25) is 0 Å². The molecule has 0 unspecified atom stereocenters. The molecule has 0 bridgehead atoms. The molecule has 2 rings (SSSR count). The minimum absolute atomic E-state index is 0.665. The van der Waals surface area contributed by atoms with Gasteiger partial charge in [-0.05, 0) is 26.2 Å². The SMILES string of the molecule is CCOCCCn1ccnc1NC1CC1. The summed E-state index contributed by atoms with van der Waals surface area (Å²) in [7, 11) is 0. The normalized spacial score (nSPS) is 15.5. The van der Waals surface area contributed by atoms with E-state index < -0.39 is 0 Å². The first-order valence-electron chi connectivity index (χ1n) is 5.75. The third kappa shape index (κ3) is 3.23. The van der Waals surface area contributed by atoms with Crippen molar-refractivity contribution in [3.63, 3.8) is 0 Å². The summed E-state index contributed by atoms with van der Waals surface area (Å²) in [5.74, 6) is 1.01. The van der Waals surface area contributed by atoms with Gasteiger partial charge in [0, 0.05) is 38.2 Å². The lowest BCUT2D eigenvalue weighted by Crippen LogP contribution is -2.10. The van der Waals surface area contributed by atoms with E-state index >= 15 is 0 Å². The van der Waals surface area contributed by atoms with Gasteiger partial charge in [-0.1, -0.05) is 0 Å². The number of rotatable bonds is 7. The highest BCUT2D eigenvalue weighted by Crippen LogP contribution is 2.23. The second-order valence-corrected chi connectivity index (χ2v) is 3.91. The van der Waals surface area contributed by atoms with Gasteiger partial charge in [0.05, 0.1) is 0 Å². The predicted octanol–water partition coefficient (Wildman–Crippen LogP) is 1.88. The van der Waals surface area contributed by atoms with Gasteiger partial charge in [0.15, 0.2) is 0 Å². The van der Waals surface area contributed by atoms with Crippen LogP contribution >= 0.6 is 0 Å². The van der Waals surface area contributed by atoms with E-state index in [1.807, 2.05) is 19.3 Å². The Labute approximate surface area is 90.6 Å². The molecule has 4 heteroatoms. The zero-order chi connectivity index (χ0) is 10.5. The number of imidazole rings is 1. The molecule has 1 heterocycles. The second kappa shape index (κ2) is 5.16. The molecule has 1 aromatic heterocycles. The Kier molecular flexibility index (Phi) is 3.61. The number of aromatic nitrogens is 2. The van der Waals surface area contributed by atoms with Gasteiger partial charge >= 0.3 is 0 Å². The van der Waals surface area contributed by atoms with Crippen molar-refractivity contribution in [2.24, 2.45) is 0 Å². The van der Waals surface area contributed by atoms with E-state index in [1.54, 1.807) is 0 Å². The van der Waals surface area contributed by atoms with Crippen LogP contribution in [-0.2, 0) is 11.3 Å². The Balaban J connectivity index is 1.76. The van der Waals surface area contributed by atoms with Crippen LogP contribution in [-0.4, -0.2) is 28.8 Å². The molecule has 0 radical (unpaired) electrons. The largest absolute Gasteiger partial charge is 0.382 e. The zero-order valence-electron chi connectivity index (χ0n) is 9.28. The lowest BCUT2D eigenvalue weighted by molar-refractivity contribution is 0.142. The molecule has 0 aliphatic heterocycles. The van der Waals surface area contributed by atoms with Crippen molar-refractivity contribution in [2.45, 2.75) is 38.8 Å². The van der Waals surface area contributed by atoms with Crippen molar-refractivity contribution >= 4 is 5.95 Å². The highest BCUT2D eigenvalue weighted by molar-refractivity contribution is 5.29. The quantitative estimate of drug-likeness (QED) is 0.697. The van der Waals surface area contributed by atoms with Crippen LogP contribution in [0.15, 0.2) is 12.4 Å². The molecule has 1 fully saturated rings. The molecule has 1 aliphatic rings. The highest BCUT2D eigenvalue weighted by Gasteiger charge is 2.22. The second-order valence-electron chi connectivity index (χ2n) is 3.91. The van der Waals surface area contributed by atoms with Crippen molar-refractivity contribution in [1.29, 1.82) is 0 Å². The van der Waals surface area contributed by atoms with Crippen LogP contribution in [0.4, 0.5) is 5.95 Å². The van der Waals surface area contributed by atoms with Crippen LogP contribution in [0.5, 0.6) is 0 Å². The Morgan fingerprint density at radius 3 is 3.20 bits per heavy atom. The Bertz CT molecular complexity index is 294. The zero-order valence-corrected chi connectivity index (χ0v) is 9.28. The highest BCUT2D eigenvalue weighted by atomic mass is 16.5. The molecule has 0 spiro atoms. The van der Waals surface area contributed by atoms with E-state index in [4.69, 9.17) is 4.74 Å². The smallest absolute Gasteiger partial charge is 0.202 e. The van der Waals surface area contributed by atoms with Gasteiger partial charge in [-0.25, -0.2) is 4.98 Å². The summed E-state index contributed by atoms with van der Waals surface area (Å²) in [6, 6.07) is 0.665. The molecule has 0 saturated heterocycles. The molecule has 15 heavy (non-hydrogen) atoms. The van der Waals surface area contributed by atoms with E-state index in [-0.39, 0.29) is 0 Å².